The van der Waals surface area contributed by atoms with E-state index >= 15 is 0 Å². The van der Waals surface area contributed by atoms with E-state index in [4.69, 9.17) is 0 Å². The van der Waals surface area contributed by atoms with Crippen molar-refractivity contribution in [2.24, 2.45) is 5.92 Å². The number of rotatable bonds is 4. The first kappa shape index (κ1) is 14.3. The lowest BCUT2D eigenvalue weighted by molar-refractivity contribution is 0.466. The second-order valence-corrected chi connectivity index (χ2v) is 4.89. The van der Waals surface area contributed by atoms with Gasteiger partial charge in [-0.2, -0.15) is 5.10 Å². The Morgan fingerprint density at radius 3 is 2.82 bits per heavy atom. The molecule has 0 fully saturated rings. The van der Waals surface area contributed by atoms with Crippen molar-refractivity contribution in [3.8, 4) is 0 Å². The first-order chi connectivity index (χ1) is 8.31. The maximum Gasteiger partial charge on any atom is 0.0524 e. The molecule has 0 N–H and O–H groups in total. The van der Waals surface area contributed by atoms with E-state index in [0.29, 0.717) is 0 Å². The van der Waals surface area contributed by atoms with Gasteiger partial charge in [0.15, 0.2) is 0 Å². The molecule has 1 unspecified atom stereocenters. The number of hydrogen-bond acceptors (Lipinski definition) is 1. The molecule has 0 amide bonds. The van der Waals surface area contributed by atoms with Crippen molar-refractivity contribution in [2.45, 2.75) is 72.8 Å². The highest BCUT2D eigenvalue weighted by molar-refractivity contribution is 5.21. The first-order valence-corrected chi connectivity index (χ1v) is 7.34. The van der Waals surface area contributed by atoms with Crippen LogP contribution in [0.4, 0.5) is 0 Å². The fourth-order valence-electron chi connectivity index (χ4n) is 2.47. The summed E-state index contributed by atoms with van der Waals surface area (Å²) < 4.78 is 2.25. The molecule has 0 bridgehead atoms. The van der Waals surface area contributed by atoms with Crippen LogP contribution in [0.2, 0.25) is 0 Å². The Kier molecular flexibility index (Phi) is 6.31. The molecule has 0 radical (unpaired) electrons. The van der Waals surface area contributed by atoms with Crippen LogP contribution < -0.4 is 0 Å². The SMILES string of the molecule is CC.CCCCCn1ncc2c1CCC(C)C2. The average Bonchev–Trinajstić information content (AvgIpc) is 2.75. The molecular formula is C15H28N2. The van der Waals surface area contributed by atoms with Crippen molar-refractivity contribution < 1.29 is 0 Å². The molecule has 2 rings (SSSR count). The molecule has 2 heteroatoms. The third kappa shape index (κ3) is 3.86. The third-order valence-electron chi connectivity index (χ3n) is 3.45. The van der Waals surface area contributed by atoms with Gasteiger partial charge >= 0.3 is 0 Å². The predicted octanol–water partition coefficient (Wildman–Crippen LogP) is 4.22. The lowest BCUT2D eigenvalue weighted by Gasteiger charge is -2.19. The molecule has 0 aromatic carbocycles. The highest BCUT2D eigenvalue weighted by atomic mass is 15.3. The fourth-order valence-corrected chi connectivity index (χ4v) is 2.47. The van der Waals surface area contributed by atoms with Crippen LogP contribution >= 0.6 is 0 Å². The van der Waals surface area contributed by atoms with E-state index in [1.165, 1.54) is 49.8 Å². The Bertz CT molecular complexity index is 315. The Balaban J connectivity index is 0.000000686. The summed E-state index contributed by atoms with van der Waals surface area (Å²) in [6, 6.07) is 0. The topological polar surface area (TPSA) is 17.8 Å². The minimum absolute atomic E-state index is 0.853. The molecule has 1 aromatic heterocycles. The minimum Gasteiger partial charge on any atom is -0.269 e. The Labute approximate surface area is 106 Å². The van der Waals surface area contributed by atoms with Gasteiger partial charge in [-0.15, -0.1) is 0 Å². The average molecular weight is 236 g/mol. The number of fused-ring (bicyclic) bond motifs is 1. The zero-order valence-corrected chi connectivity index (χ0v) is 12.0. The molecule has 0 saturated heterocycles. The van der Waals surface area contributed by atoms with E-state index in [9.17, 15) is 0 Å². The number of aromatic nitrogens is 2. The van der Waals surface area contributed by atoms with Crippen molar-refractivity contribution in [2.75, 3.05) is 0 Å². The van der Waals surface area contributed by atoms with Gasteiger partial charge in [0, 0.05) is 12.2 Å². The lowest BCUT2D eigenvalue weighted by Crippen LogP contribution is -2.14. The Hall–Kier alpha value is -0.790. The summed E-state index contributed by atoms with van der Waals surface area (Å²) in [6.45, 7) is 9.72. The summed E-state index contributed by atoms with van der Waals surface area (Å²) in [5.41, 5.74) is 3.02. The zero-order valence-electron chi connectivity index (χ0n) is 12.0. The van der Waals surface area contributed by atoms with Crippen LogP contribution in [-0.4, -0.2) is 9.78 Å². The fraction of sp³-hybridized carbons (Fsp3) is 0.800. The van der Waals surface area contributed by atoms with Gasteiger partial charge in [0.25, 0.3) is 0 Å². The van der Waals surface area contributed by atoms with Gasteiger partial charge in [0.1, 0.15) is 0 Å². The van der Waals surface area contributed by atoms with Crippen LogP contribution in [0.15, 0.2) is 6.20 Å². The molecule has 1 heterocycles. The van der Waals surface area contributed by atoms with Gasteiger partial charge in [-0.05, 0) is 37.2 Å². The lowest BCUT2D eigenvalue weighted by atomic mass is 9.89. The maximum absolute atomic E-state index is 4.52. The zero-order chi connectivity index (χ0) is 12.7. The maximum atomic E-state index is 4.52. The molecule has 1 atom stereocenters. The highest BCUT2D eigenvalue weighted by Crippen LogP contribution is 2.25. The molecule has 0 spiro atoms. The van der Waals surface area contributed by atoms with Gasteiger partial charge in [0.05, 0.1) is 6.20 Å². The summed E-state index contributed by atoms with van der Waals surface area (Å²) in [4.78, 5) is 0. The molecular weight excluding hydrogens is 208 g/mol. The quantitative estimate of drug-likeness (QED) is 0.716. The van der Waals surface area contributed by atoms with Crippen LogP contribution in [0.25, 0.3) is 0 Å². The van der Waals surface area contributed by atoms with Crippen molar-refractivity contribution in [3.63, 3.8) is 0 Å². The minimum atomic E-state index is 0.853. The van der Waals surface area contributed by atoms with Gasteiger partial charge in [0.2, 0.25) is 0 Å². The van der Waals surface area contributed by atoms with Gasteiger partial charge in [-0.3, -0.25) is 4.68 Å². The summed E-state index contributed by atoms with van der Waals surface area (Å²) >= 11 is 0. The van der Waals surface area contributed by atoms with Crippen molar-refractivity contribution in [3.05, 3.63) is 17.5 Å². The third-order valence-corrected chi connectivity index (χ3v) is 3.45. The second-order valence-electron chi connectivity index (χ2n) is 4.89. The molecule has 1 aliphatic rings. The van der Waals surface area contributed by atoms with Crippen molar-refractivity contribution in [1.29, 1.82) is 0 Å². The van der Waals surface area contributed by atoms with E-state index in [0.717, 1.165) is 12.5 Å². The summed E-state index contributed by atoms with van der Waals surface area (Å²) in [6.07, 6.45) is 9.81. The number of unbranched alkanes of at least 4 members (excludes halogenated alkanes) is 2. The van der Waals surface area contributed by atoms with Crippen LogP contribution in [0.5, 0.6) is 0 Å². The Morgan fingerprint density at radius 2 is 2.12 bits per heavy atom. The van der Waals surface area contributed by atoms with E-state index in [2.05, 4.69) is 29.8 Å². The molecule has 98 valence electrons. The molecule has 2 nitrogen and oxygen atoms in total. The first-order valence-electron chi connectivity index (χ1n) is 7.34. The van der Waals surface area contributed by atoms with E-state index in [1.807, 2.05) is 13.8 Å². The monoisotopic (exact) mass is 236 g/mol. The van der Waals surface area contributed by atoms with Crippen LogP contribution in [0, 0.1) is 5.92 Å². The molecule has 1 aliphatic carbocycles. The largest absolute Gasteiger partial charge is 0.269 e. The molecule has 1 aromatic rings. The summed E-state index contributed by atoms with van der Waals surface area (Å²) in [7, 11) is 0. The van der Waals surface area contributed by atoms with E-state index in [1.54, 1.807) is 0 Å². The van der Waals surface area contributed by atoms with Gasteiger partial charge in [-0.25, -0.2) is 0 Å². The summed E-state index contributed by atoms with van der Waals surface area (Å²) in [5.74, 6) is 0.853. The van der Waals surface area contributed by atoms with E-state index in [-0.39, 0.29) is 0 Å². The number of aryl methyl sites for hydroxylation is 1. The number of nitrogens with zero attached hydrogens (tertiary/aromatic N) is 2. The van der Waals surface area contributed by atoms with Crippen molar-refractivity contribution in [1.82, 2.24) is 9.78 Å². The smallest absolute Gasteiger partial charge is 0.0524 e. The molecule has 17 heavy (non-hydrogen) atoms. The predicted molar refractivity (Wildman–Crippen MR) is 74.3 cm³/mol. The Morgan fingerprint density at radius 1 is 1.35 bits per heavy atom. The number of hydrogen-bond donors (Lipinski definition) is 0. The van der Waals surface area contributed by atoms with E-state index < -0.39 is 0 Å². The van der Waals surface area contributed by atoms with Crippen LogP contribution in [-0.2, 0) is 19.4 Å². The van der Waals surface area contributed by atoms with Gasteiger partial charge in [-0.1, -0.05) is 40.5 Å². The van der Waals surface area contributed by atoms with Crippen LogP contribution in [0.3, 0.4) is 0 Å². The highest BCUT2D eigenvalue weighted by Gasteiger charge is 2.18. The van der Waals surface area contributed by atoms with Crippen LogP contribution in [0.1, 0.15) is 64.6 Å². The normalized spacial score (nSPS) is 18.2. The standard InChI is InChI=1S/C13H22N2.C2H6/c1-3-4-5-8-15-13-7-6-11(2)9-12(13)10-14-15;1-2/h10-11H,3-9H2,1-2H3;1-2H3. The molecule has 0 saturated carbocycles. The van der Waals surface area contributed by atoms with Crippen molar-refractivity contribution >= 4 is 0 Å². The van der Waals surface area contributed by atoms with Gasteiger partial charge < -0.3 is 0 Å². The second kappa shape index (κ2) is 7.52. The summed E-state index contributed by atoms with van der Waals surface area (Å²) in [5, 5.41) is 4.52. The molecule has 0 aliphatic heterocycles.